The number of tetrazole rings is 1. The van der Waals surface area contributed by atoms with E-state index in [1.807, 2.05) is 30.3 Å². The molecule has 0 aliphatic rings. The fourth-order valence-corrected chi connectivity index (χ4v) is 4.11. The monoisotopic (exact) mass is 507 g/mol. The Morgan fingerprint density at radius 2 is 1.76 bits per heavy atom. The molecule has 0 fully saturated rings. The van der Waals surface area contributed by atoms with Gasteiger partial charge in [0.05, 0.1) is 12.2 Å². The molecule has 3 rings (SSSR count). The minimum atomic E-state index is -1.22. The molecule has 9 nitrogen and oxygen atoms in total. The van der Waals surface area contributed by atoms with Crippen molar-refractivity contribution in [3.8, 4) is 0 Å². The number of aromatic nitrogens is 4. The Morgan fingerprint density at radius 3 is 2.42 bits per heavy atom. The molecule has 1 atom stereocenters. The molecular formula is C21H19Cl2N5O4S. The second-order valence-electron chi connectivity index (χ2n) is 6.90. The van der Waals surface area contributed by atoms with Crippen molar-refractivity contribution in [1.29, 1.82) is 0 Å². The summed E-state index contributed by atoms with van der Waals surface area (Å²) < 4.78 is 0. The number of carbonyl (C=O) groups is 3. The van der Waals surface area contributed by atoms with E-state index < -0.39 is 30.1 Å². The van der Waals surface area contributed by atoms with Crippen LogP contribution in [0.4, 0.5) is 0 Å². The number of nitrogens with one attached hydrogen (secondary N) is 1. The van der Waals surface area contributed by atoms with Gasteiger partial charge in [0.15, 0.2) is 11.6 Å². The Labute approximate surface area is 203 Å². The molecule has 1 unspecified atom stereocenters. The smallest absolute Gasteiger partial charge is 0.305 e. The van der Waals surface area contributed by atoms with Crippen LogP contribution in [0.25, 0.3) is 0 Å². The van der Waals surface area contributed by atoms with Crippen LogP contribution < -0.4 is 5.32 Å². The third-order valence-corrected chi connectivity index (χ3v) is 6.12. The number of aliphatic carboxylic acids is 1. The Balaban J connectivity index is 1.60. The van der Waals surface area contributed by atoms with Gasteiger partial charge in [0.25, 0.3) is 0 Å². The predicted molar refractivity (Wildman–Crippen MR) is 123 cm³/mol. The number of ketones is 1. The highest BCUT2D eigenvalue weighted by molar-refractivity contribution is 8.00. The van der Waals surface area contributed by atoms with E-state index in [9.17, 15) is 14.4 Å². The lowest BCUT2D eigenvalue weighted by Gasteiger charge is -2.15. The number of carbonyl (C=O) groups excluding carboxylic acids is 2. The third-order valence-electron chi connectivity index (χ3n) is 4.40. The highest BCUT2D eigenvalue weighted by Crippen LogP contribution is 2.25. The van der Waals surface area contributed by atoms with Crippen molar-refractivity contribution in [2.75, 3.05) is 5.75 Å². The summed E-state index contributed by atoms with van der Waals surface area (Å²) in [4.78, 5) is 38.1. The topological polar surface area (TPSA) is 127 Å². The third kappa shape index (κ3) is 7.55. The molecule has 0 saturated heterocycles. The van der Waals surface area contributed by atoms with Crippen molar-refractivity contribution < 1.29 is 19.5 Å². The molecule has 33 heavy (non-hydrogen) atoms. The molecule has 0 saturated carbocycles. The maximum atomic E-state index is 12.7. The first-order chi connectivity index (χ1) is 15.8. The highest BCUT2D eigenvalue weighted by Gasteiger charge is 2.25. The zero-order valence-corrected chi connectivity index (χ0v) is 19.5. The van der Waals surface area contributed by atoms with E-state index in [0.29, 0.717) is 15.6 Å². The summed E-state index contributed by atoms with van der Waals surface area (Å²) in [5.74, 6) is -1.90. The van der Waals surface area contributed by atoms with E-state index in [0.717, 1.165) is 9.69 Å². The number of rotatable bonds is 11. The molecule has 172 valence electrons. The molecular weight excluding hydrogens is 489 g/mol. The molecule has 12 heteroatoms. The summed E-state index contributed by atoms with van der Waals surface area (Å²) in [6.45, 7) is -0.354. The van der Waals surface area contributed by atoms with Gasteiger partial charge in [0.2, 0.25) is 5.91 Å². The zero-order chi connectivity index (χ0) is 23.8. The lowest BCUT2D eigenvalue weighted by molar-refractivity contribution is -0.140. The van der Waals surface area contributed by atoms with Gasteiger partial charge in [-0.15, -0.1) is 22.0 Å². The minimum Gasteiger partial charge on any atom is -0.481 e. The van der Waals surface area contributed by atoms with Gasteiger partial charge < -0.3 is 10.4 Å². The van der Waals surface area contributed by atoms with Gasteiger partial charge in [-0.3, -0.25) is 14.4 Å². The largest absolute Gasteiger partial charge is 0.481 e. The number of thioether (sulfide) groups is 1. The first-order valence-electron chi connectivity index (χ1n) is 9.73. The average molecular weight is 508 g/mol. The van der Waals surface area contributed by atoms with E-state index in [-0.39, 0.29) is 24.5 Å². The summed E-state index contributed by atoms with van der Waals surface area (Å²) in [6.07, 6.45) is -0.351. The molecule has 0 bridgehead atoms. The zero-order valence-electron chi connectivity index (χ0n) is 17.1. The number of carboxylic acids is 1. The van der Waals surface area contributed by atoms with Gasteiger partial charge in [0, 0.05) is 21.4 Å². The van der Waals surface area contributed by atoms with Gasteiger partial charge in [0.1, 0.15) is 12.6 Å². The molecule has 1 heterocycles. The van der Waals surface area contributed by atoms with Gasteiger partial charge in [-0.2, -0.15) is 4.80 Å². The van der Waals surface area contributed by atoms with E-state index in [4.69, 9.17) is 28.3 Å². The number of hydrogen-bond acceptors (Lipinski definition) is 7. The van der Waals surface area contributed by atoms with Crippen molar-refractivity contribution in [2.24, 2.45) is 0 Å². The van der Waals surface area contributed by atoms with E-state index in [2.05, 4.69) is 20.7 Å². The Morgan fingerprint density at radius 1 is 1.06 bits per heavy atom. The van der Waals surface area contributed by atoms with Crippen LogP contribution in [-0.4, -0.2) is 54.8 Å². The predicted octanol–water partition coefficient (Wildman–Crippen LogP) is 2.89. The second kappa shape index (κ2) is 11.8. The van der Waals surface area contributed by atoms with Crippen molar-refractivity contribution in [2.45, 2.75) is 30.3 Å². The van der Waals surface area contributed by atoms with Gasteiger partial charge in [-0.1, -0.05) is 47.5 Å². The maximum Gasteiger partial charge on any atom is 0.305 e. The van der Waals surface area contributed by atoms with Gasteiger partial charge >= 0.3 is 5.97 Å². The quantitative estimate of drug-likeness (QED) is 0.379. The van der Waals surface area contributed by atoms with Crippen LogP contribution >= 0.6 is 35.0 Å². The fourth-order valence-electron chi connectivity index (χ4n) is 2.84. The summed E-state index contributed by atoms with van der Waals surface area (Å²) in [5, 5.41) is 24.4. The van der Waals surface area contributed by atoms with Crippen LogP contribution in [0, 0.1) is 0 Å². The Kier molecular flexibility index (Phi) is 8.81. The summed E-state index contributed by atoms with van der Waals surface area (Å²) >= 11 is 13.6. The lowest BCUT2D eigenvalue weighted by atomic mass is 10.1. The Bertz CT molecular complexity index is 1120. The molecule has 1 amide bonds. The molecule has 0 radical (unpaired) electrons. The molecule has 0 aliphatic carbocycles. The van der Waals surface area contributed by atoms with Gasteiger partial charge in [-0.05, 0) is 35.0 Å². The number of halogens is 2. The normalized spacial score (nSPS) is 11.7. The van der Waals surface area contributed by atoms with E-state index >= 15 is 0 Å². The first-order valence-corrected chi connectivity index (χ1v) is 11.5. The van der Waals surface area contributed by atoms with Crippen LogP contribution in [0.3, 0.4) is 0 Å². The molecule has 3 aromatic rings. The molecule has 0 spiro atoms. The number of hydrogen-bond donors (Lipinski definition) is 2. The highest BCUT2D eigenvalue weighted by atomic mass is 35.5. The second-order valence-corrected chi connectivity index (χ2v) is 8.76. The van der Waals surface area contributed by atoms with E-state index in [1.165, 1.54) is 11.8 Å². The number of amides is 1. The molecule has 0 aliphatic heterocycles. The number of benzene rings is 2. The first kappa shape index (κ1) is 24.7. The van der Waals surface area contributed by atoms with Crippen molar-refractivity contribution >= 4 is 52.6 Å². The van der Waals surface area contributed by atoms with Crippen LogP contribution in [-0.2, 0) is 27.3 Å². The van der Waals surface area contributed by atoms with Crippen molar-refractivity contribution in [3.63, 3.8) is 0 Å². The Hall–Kier alpha value is -2.95. The minimum absolute atomic E-state index is 0.0394. The van der Waals surface area contributed by atoms with Crippen LogP contribution in [0.1, 0.15) is 17.8 Å². The van der Waals surface area contributed by atoms with Crippen LogP contribution in [0.2, 0.25) is 10.0 Å². The molecule has 2 N–H and O–H groups in total. The van der Waals surface area contributed by atoms with Crippen LogP contribution in [0.5, 0.6) is 0 Å². The standard InChI is InChI=1S/C21H19Cl2N5O4S/c22-15-7-4-8-16(23)14(15)9-19-25-27-28(26-19)11-18(29)17(10-21(31)32)24-20(30)12-33-13-5-2-1-3-6-13/h1-8,17H,9-12H2,(H,24,30)(H,31,32). The fraction of sp³-hybridized carbons (Fsp3) is 0.238. The number of carboxylic acid groups (broad SMARTS) is 1. The van der Waals surface area contributed by atoms with Crippen molar-refractivity contribution in [1.82, 2.24) is 25.5 Å². The van der Waals surface area contributed by atoms with Crippen molar-refractivity contribution in [3.05, 3.63) is 70.0 Å². The van der Waals surface area contributed by atoms with Crippen LogP contribution in [0.15, 0.2) is 53.4 Å². The SMILES string of the molecule is O=C(O)CC(NC(=O)CSc1ccccc1)C(=O)Cn1nnc(Cc2c(Cl)cccc2Cl)n1. The average Bonchev–Trinajstić information content (AvgIpc) is 3.22. The van der Waals surface area contributed by atoms with Gasteiger partial charge in [-0.25, -0.2) is 0 Å². The summed E-state index contributed by atoms with van der Waals surface area (Å²) in [6, 6.07) is 13.1. The number of Topliss-reactive ketones (excluding diaryl/α,β-unsaturated/α-hetero) is 1. The molecule has 2 aromatic carbocycles. The summed E-state index contributed by atoms with van der Waals surface area (Å²) in [5.41, 5.74) is 0.624. The lowest BCUT2D eigenvalue weighted by Crippen LogP contribution is -2.44. The number of nitrogens with zero attached hydrogens (tertiary/aromatic N) is 4. The van der Waals surface area contributed by atoms with E-state index in [1.54, 1.807) is 18.2 Å². The molecule has 1 aromatic heterocycles. The summed E-state index contributed by atoms with van der Waals surface area (Å²) in [7, 11) is 0. The maximum absolute atomic E-state index is 12.7.